The third-order valence-electron chi connectivity index (χ3n) is 5.06. The number of aromatic amines is 1. The van der Waals surface area contributed by atoms with Gasteiger partial charge in [0.2, 0.25) is 0 Å². The minimum Gasteiger partial charge on any atom is -0.322 e. The van der Waals surface area contributed by atoms with Crippen molar-refractivity contribution >= 4 is 45.6 Å². The number of alkyl halides is 3. The number of anilines is 3. The van der Waals surface area contributed by atoms with Gasteiger partial charge in [-0.2, -0.15) is 13.2 Å². The van der Waals surface area contributed by atoms with Crippen LogP contribution in [0.5, 0.6) is 0 Å². The molecule has 0 aliphatic carbocycles. The number of nitrogens with zero attached hydrogens (tertiary/aromatic N) is 2. The maximum atomic E-state index is 12.8. The van der Waals surface area contributed by atoms with E-state index in [2.05, 4.69) is 25.9 Å². The van der Waals surface area contributed by atoms with Gasteiger partial charge in [-0.15, -0.1) is 0 Å². The van der Waals surface area contributed by atoms with Crippen molar-refractivity contribution in [1.82, 2.24) is 9.97 Å². The number of nitro groups is 1. The van der Waals surface area contributed by atoms with Crippen LogP contribution in [0.1, 0.15) is 15.9 Å². The van der Waals surface area contributed by atoms with Crippen molar-refractivity contribution in [3.63, 3.8) is 0 Å². The predicted octanol–water partition coefficient (Wildman–Crippen LogP) is 4.75. The largest absolute Gasteiger partial charge is 0.416 e. The topological polar surface area (TPSA) is 159 Å². The first kappa shape index (κ1) is 24.8. The summed E-state index contributed by atoms with van der Waals surface area (Å²) in [6, 6.07) is 11.2. The first-order valence-electron chi connectivity index (χ1n) is 10.3. The molecule has 3 aromatic carbocycles. The second-order valence-electron chi connectivity index (χ2n) is 7.53. The molecule has 0 radical (unpaired) electrons. The molecule has 188 valence electrons. The summed E-state index contributed by atoms with van der Waals surface area (Å²) in [5.41, 5.74) is -1.99. The van der Waals surface area contributed by atoms with Crippen LogP contribution < -0.4 is 21.5 Å². The van der Waals surface area contributed by atoms with E-state index in [4.69, 9.17) is 0 Å². The number of hydrogen-bond donors (Lipinski definition) is 4. The molecule has 3 amide bonds. The van der Waals surface area contributed by atoms with Gasteiger partial charge >= 0.3 is 12.2 Å². The SMILES string of the molecule is O=C(Nc1ccc(NC(=O)c2ccc([N+](=O)[O-])c3nc[nH]c(=O)c23)cc1)Nc1cccc(C(F)(F)F)c1. The van der Waals surface area contributed by atoms with Crippen LogP contribution >= 0.6 is 0 Å². The lowest BCUT2D eigenvalue weighted by Crippen LogP contribution is -2.20. The summed E-state index contributed by atoms with van der Waals surface area (Å²) < 4.78 is 38.5. The highest BCUT2D eigenvalue weighted by Crippen LogP contribution is 2.30. The van der Waals surface area contributed by atoms with E-state index in [1.807, 2.05) is 0 Å². The van der Waals surface area contributed by atoms with Crippen LogP contribution in [-0.4, -0.2) is 26.8 Å². The predicted molar refractivity (Wildman–Crippen MR) is 127 cm³/mol. The van der Waals surface area contributed by atoms with Crippen molar-refractivity contribution in [3.8, 4) is 0 Å². The highest BCUT2D eigenvalue weighted by molar-refractivity contribution is 6.13. The van der Waals surface area contributed by atoms with Gasteiger partial charge in [0.15, 0.2) is 5.52 Å². The molecule has 1 heterocycles. The molecule has 37 heavy (non-hydrogen) atoms. The first-order chi connectivity index (χ1) is 17.5. The van der Waals surface area contributed by atoms with Crippen LogP contribution in [0.25, 0.3) is 10.9 Å². The van der Waals surface area contributed by atoms with E-state index in [0.29, 0.717) is 0 Å². The second-order valence-corrected chi connectivity index (χ2v) is 7.53. The van der Waals surface area contributed by atoms with Crippen molar-refractivity contribution in [2.75, 3.05) is 16.0 Å². The highest BCUT2D eigenvalue weighted by atomic mass is 19.4. The Balaban J connectivity index is 1.46. The number of benzene rings is 3. The van der Waals surface area contributed by atoms with Gasteiger partial charge in [0, 0.05) is 23.1 Å². The number of aromatic nitrogens is 2. The Hall–Kier alpha value is -5.27. The summed E-state index contributed by atoms with van der Waals surface area (Å²) in [6.45, 7) is 0. The normalized spacial score (nSPS) is 11.1. The molecule has 4 aromatic rings. The van der Waals surface area contributed by atoms with E-state index >= 15 is 0 Å². The molecule has 0 fully saturated rings. The van der Waals surface area contributed by atoms with Crippen molar-refractivity contribution < 1.29 is 27.7 Å². The summed E-state index contributed by atoms with van der Waals surface area (Å²) >= 11 is 0. The second kappa shape index (κ2) is 9.77. The fraction of sp³-hybridized carbons (Fsp3) is 0.0435. The Morgan fingerprint density at radius 1 is 0.919 bits per heavy atom. The molecule has 4 rings (SSSR count). The summed E-state index contributed by atoms with van der Waals surface area (Å²) in [7, 11) is 0. The Morgan fingerprint density at radius 3 is 2.22 bits per heavy atom. The number of fused-ring (bicyclic) bond motifs is 1. The van der Waals surface area contributed by atoms with Crippen molar-refractivity contribution in [3.05, 3.63) is 98.6 Å². The molecule has 0 aliphatic heterocycles. The van der Waals surface area contributed by atoms with E-state index in [0.717, 1.165) is 36.7 Å². The van der Waals surface area contributed by atoms with Gasteiger partial charge in [-0.05, 0) is 48.5 Å². The molecule has 0 saturated carbocycles. The number of H-pyrrole nitrogens is 1. The number of amides is 3. The van der Waals surface area contributed by atoms with Crippen LogP contribution in [0.3, 0.4) is 0 Å². The lowest BCUT2D eigenvalue weighted by molar-refractivity contribution is -0.383. The van der Waals surface area contributed by atoms with E-state index in [1.165, 1.54) is 30.3 Å². The number of rotatable bonds is 5. The quantitative estimate of drug-likeness (QED) is 0.223. The van der Waals surface area contributed by atoms with Crippen molar-refractivity contribution in [2.45, 2.75) is 6.18 Å². The Bertz CT molecular complexity index is 1580. The summed E-state index contributed by atoms with van der Waals surface area (Å²) in [5, 5.41) is 18.3. The maximum absolute atomic E-state index is 12.8. The number of carbonyl (C=O) groups excluding carboxylic acids is 2. The molecule has 0 aliphatic rings. The lowest BCUT2D eigenvalue weighted by atomic mass is 10.1. The number of nitro benzene ring substituents is 1. The summed E-state index contributed by atoms with van der Waals surface area (Å²) in [4.78, 5) is 53.9. The minimum atomic E-state index is -4.56. The van der Waals surface area contributed by atoms with Gasteiger partial charge in [-0.3, -0.25) is 19.7 Å². The number of urea groups is 1. The number of hydrogen-bond acceptors (Lipinski definition) is 6. The molecule has 1 aromatic heterocycles. The van der Waals surface area contributed by atoms with Crippen LogP contribution in [0, 0.1) is 10.1 Å². The van der Waals surface area contributed by atoms with Crippen LogP contribution in [-0.2, 0) is 6.18 Å². The van der Waals surface area contributed by atoms with Gasteiger partial charge in [-0.25, -0.2) is 9.78 Å². The van der Waals surface area contributed by atoms with Gasteiger partial charge in [0.05, 0.1) is 27.8 Å². The average Bonchev–Trinajstić information content (AvgIpc) is 2.84. The van der Waals surface area contributed by atoms with E-state index in [9.17, 15) is 37.7 Å². The van der Waals surface area contributed by atoms with Crippen LogP contribution in [0.4, 0.5) is 40.7 Å². The maximum Gasteiger partial charge on any atom is 0.416 e. The smallest absolute Gasteiger partial charge is 0.322 e. The molecular weight excluding hydrogens is 497 g/mol. The molecule has 11 nitrogen and oxygen atoms in total. The number of halogens is 3. The van der Waals surface area contributed by atoms with Gasteiger partial charge in [0.25, 0.3) is 17.2 Å². The lowest BCUT2D eigenvalue weighted by Gasteiger charge is -2.11. The molecule has 0 atom stereocenters. The van der Waals surface area contributed by atoms with Gasteiger partial charge < -0.3 is 20.9 Å². The third kappa shape index (κ3) is 5.53. The molecule has 14 heteroatoms. The van der Waals surface area contributed by atoms with E-state index in [1.54, 1.807) is 0 Å². The number of nitrogens with one attached hydrogen (secondary N) is 4. The van der Waals surface area contributed by atoms with E-state index < -0.39 is 39.8 Å². The van der Waals surface area contributed by atoms with Crippen molar-refractivity contribution in [2.24, 2.45) is 0 Å². The zero-order chi connectivity index (χ0) is 26.7. The Kier molecular flexibility index (Phi) is 6.56. The fourth-order valence-corrected chi connectivity index (χ4v) is 3.41. The molecule has 4 N–H and O–H groups in total. The Labute approximate surface area is 204 Å². The zero-order valence-corrected chi connectivity index (χ0v) is 18.4. The molecule has 0 spiro atoms. The monoisotopic (exact) mass is 512 g/mol. The van der Waals surface area contributed by atoms with Crippen molar-refractivity contribution in [1.29, 1.82) is 0 Å². The van der Waals surface area contributed by atoms with E-state index in [-0.39, 0.29) is 33.5 Å². The average molecular weight is 512 g/mol. The first-order valence-corrected chi connectivity index (χ1v) is 10.3. The molecule has 0 saturated heterocycles. The molecule has 0 unspecified atom stereocenters. The highest BCUT2D eigenvalue weighted by Gasteiger charge is 2.30. The van der Waals surface area contributed by atoms with Crippen LogP contribution in [0.2, 0.25) is 0 Å². The summed E-state index contributed by atoms with van der Waals surface area (Å²) in [5.74, 6) is -0.735. The third-order valence-corrected chi connectivity index (χ3v) is 5.06. The van der Waals surface area contributed by atoms with Gasteiger partial charge in [-0.1, -0.05) is 6.07 Å². The Morgan fingerprint density at radius 2 is 1.57 bits per heavy atom. The number of non-ortho nitro benzene ring substituents is 1. The molecular formula is C23H15F3N6O5. The van der Waals surface area contributed by atoms with Gasteiger partial charge in [0.1, 0.15) is 0 Å². The summed E-state index contributed by atoms with van der Waals surface area (Å²) in [6.07, 6.45) is -3.56. The minimum absolute atomic E-state index is 0.0593. The fourth-order valence-electron chi connectivity index (χ4n) is 3.41. The standard InChI is InChI=1S/C23H15F3N6O5/c24-23(25,26)12-2-1-3-15(10-12)31-22(35)30-14-6-4-13(5-7-14)29-20(33)16-8-9-17(32(36)37)19-18(16)21(34)28-11-27-19/h1-11H,(H,29,33)(H,27,28,34)(H2,30,31,35). The number of carbonyl (C=O) groups is 2. The zero-order valence-electron chi connectivity index (χ0n) is 18.4. The molecule has 0 bridgehead atoms. The van der Waals surface area contributed by atoms with Crippen LogP contribution in [0.15, 0.2) is 71.8 Å².